The zero-order valence-electron chi connectivity index (χ0n) is 11.6. The molecule has 0 aromatic carbocycles. The average molecular weight is 255 g/mol. The van der Waals surface area contributed by atoms with Gasteiger partial charge in [0.15, 0.2) is 6.29 Å². The molecule has 102 valence electrons. The predicted octanol–water partition coefficient (Wildman–Crippen LogP) is 0.949. The van der Waals surface area contributed by atoms with Crippen LogP contribution in [-0.4, -0.2) is 42.2 Å². The zero-order valence-corrected chi connectivity index (χ0v) is 11.6. The van der Waals surface area contributed by atoms with Crippen molar-refractivity contribution in [1.29, 1.82) is 0 Å². The molecule has 1 heterocycles. The molecular weight excluding hydrogens is 234 g/mol. The van der Waals surface area contributed by atoms with Crippen LogP contribution < -0.4 is 5.32 Å². The monoisotopic (exact) mass is 255 g/mol. The second-order valence-electron chi connectivity index (χ2n) is 4.09. The predicted molar refractivity (Wildman–Crippen MR) is 67.4 cm³/mol. The molecule has 1 unspecified atom stereocenters. The first kappa shape index (κ1) is 14.7. The van der Waals surface area contributed by atoms with Crippen LogP contribution in [0.15, 0.2) is 6.07 Å². The molecule has 1 aromatic rings. The number of amides is 1. The molecule has 18 heavy (non-hydrogen) atoms. The highest BCUT2D eigenvalue weighted by Gasteiger charge is 2.21. The number of carbonyl (C=O) groups excluding carboxylic acids is 1. The first-order chi connectivity index (χ1) is 8.53. The van der Waals surface area contributed by atoms with Crippen LogP contribution in [0.25, 0.3) is 0 Å². The number of nitrogens with one attached hydrogen (secondary N) is 1. The molecule has 0 aliphatic carbocycles. The zero-order chi connectivity index (χ0) is 13.7. The Balaban J connectivity index is 2.75. The van der Waals surface area contributed by atoms with Crippen molar-refractivity contribution in [2.24, 2.45) is 0 Å². The van der Waals surface area contributed by atoms with E-state index in [2.05, 4.69) is 10.4 Å². The molecule has 1 rings (SSSR count). The van der Waals surface area contributed by atoms with E-state index in [0.29, 0.717) is 12.2 Å². The van der Waals surface area contributed by atoms with Crippen LogP contribution in [0, 0.1) is 6.92 Å². The molecule has 0 bridgehead atoms. The number of nitrogens with zero attached hydrogens (tertiary/aromatic N) is 2. The summed E-state index contributed by atoms with van der Waals surface area (Å²) < 4.78 is 11.9. The highest BCUT2D eigenvalue weighted by Crippen LogP contribution is 2.06. The third-order valence-corrected chi connectivity index (χ3v) is 2.67. The molecule has 0 fully saturated rings. The summed E-state index contributed by atoms with van der Waals surface area (Å²) >= 11 is 0. The summed E-state index contributed by atoms with van der Waals surface area (Å²) in [5.74, 6) is -0.177. The van der Waals surface area contributed by atoms with E-state index in [4.69, 9.17) is 9.47 Å². The van der Waals surface area contributed by atoms with E-state index in [0.717, 1.165) is 5.69 Å². The van der Waals surface area contributed by atoms with Gasteiger partial charge < -0.3 is 14.8 Å². The fraction of sp³-hybridized carbons (Fsp3) is 0.667. The Morgan fingerprint density at radius 2 is 2.11 bits per heavy atom. The van der Waals surface area contributed by atoms with Gasteiger partial charge in [-0.1, -0.05) is 0 Å². The Kier molecular flexibility index (Phi) is 5.30. The van der Waals surface area contributed by atoms with Crippen molar-refractivity contribution in [1.82, 2.24) is 15.1 Å². The fourth-order valence-corrected chi connectivity index (χ4v) is 1.82. The highest BCUT2D eigenvalue weighted by molar-refractivity contribution is 5.92. The number of ether oxygens (including phenoxy) is 2. The molecular formula is C12H21N3O3. The van der Waals surface area contributed by atoms with E-state index in [9.17, 15) is 4.79 Å². The maximum atomic E-state index is 12.1. The minimum Gasteiger partial charge on any atom is -0.354 e. The Hall–Kier alpha value is -1.40. The maximum absolute atomic E-state index is 12.1. The Morgan fingerprint density at radius 1 is 1.50 bits per heavy atom. The third-order valence-electron chi connectivity index (χ3n) is 2.67. The van der Waals surface area contributed by atoms with E-state index in [1.807, 2.05) is 20.8 Å². The molecule has 0 radical (unpaired) electrons. The minimum atomic E-state index is -0.465. The van der Waals surface area contributed by atoms with E-state index in [1.165, 1.54) is 14.2 Å². The summed E-state index contributed by atoms with van der Waals surface area (Å²) in [7, 11) is 3.08. The van der Waals surface area contributed by atoms with Crippen molar-refractivity contribution in [3.8, 4) is 0 Å². The second kappa shape index (κ2) is 6.51. The van der Waals surface area contributed by atoms with Crippen LogP contribution in [0.3, 0.4) is 0 Å². The first-order valence-electron chi connectivity index (χ1n) is 5.94. The average Bonchev–Trinajstić information content (AvgIpc) is 2.72. The third kappa shape index (κ3) is 3.30. The van der Waals surface area contributed by atoms with E-state index >= 15 is 0 Å². The number of hydrogen-bond acceptors (Lipinski definition) is 4. The van der Waals surface area contributed by atoms with Crippen molar-refractivity contribution in [2.45, 2.75) is 39.6 Å². The van der Waals surface area contributed by atoms with Gasteiger partial charge in [0.25, 0.3) is 5.91 Å². The van der Waals surface area contributed by atoms with Crippen molar-refractivity contribution >= 4 is 5.91 Å². The quantitative estimate of drug-likeness (QED) is 0.769. The Bertz CT molecular complexity index is 399. The summed E-state index contributed by atoms with van der Waals surface area (Å²) in [6.45, 7) is 6.29. The molecule has 0 saturated heterocycles. The highest BCUT2D eigenvalue weighted by atomic mass is 16.7. The van der Waals surface area contributed by atoms with Gasteiger partial charge in [0, 0.05) is 20.8 Å². The molecule has 0 aliphatic rings. The standard InChI is InChI=1S/C12H21N3O3/c1-6-15-10(7-8(2)14-15)11(16)13-9(3)12(17-4)18-5/h7,9,12H,6H2,1-5H3,(H,13,16). The molecule has 0 spiro atoms. The fourth-order valence-electron chi connectivity index (χ4n) is 1.82. The van der Waals surface area contributed by atoms with Crippen molar-refractivity contribution in [3.63, 3.8) is 0 Å². The van der Waals surface area contributed by atoms with Crippen LogP contribution in [-0.2, 0) is 16.0 Å². The van der Waals surface area contributed by atoms with Gasteiger partial charge in [0.1, 0.15) is 5.69 Å². The van der Waals surface area contributed by atoms with Gasteiger partial charge in [-0.15, -0.1) is 0 Å². The number of aryl methyl sites for hydroxylation is 2. The lowest BCUT2D eigenvalue weighted by atomic mass is 10.3. The number of rotatable bonds is 6. The van der Waals surface area contributed by atoms with E-state index < -0.39 is 6.29 Å². The van der Waals surface area contributed by atoms with Crippen LogP contribution in [0.4, 0.5) is 0 Å². The van der Waals surface area contributed by atoms with Crippen molar-refractivity contribution < 1.29 is 14.3 Å². The topological polar surface area (TPSA) is 65.4 Å². The summed E-state index contributed by atoms with van der Waals surface area (Å²) in [5.41, 5.74) is 1.37. The molecule has 1 aromatic heterocycles. The lowest BCUT2D eigenvalue weighted by Gasteiger charge is -2.22. The largest absolute Gasteiger partial charge is 0.354 e. The molecule has 6 heteroatoms. The minimum absolute atomic E-state index is 0.177. The molecule has 1 N–H and O–H groups in total. The first-order valence-corrected chi connectivity index (χ1v) is 5.94. The number of aromatic nitrogens is 2. The second-order valence-corrected chi connectivity index (χ2v) is 4.09. The van der Waals surface area contributed by atoms with Gasteiger partial charge in [0.2, 0.25) is 0 Å². The number of carbonyl (C=O) groups is 1. The van der Waals surface area contributed by atoms with Gasteiger partial charge in [-0.25, -0.2) is 0 Å². The maximum Gasteiger partial charge on any atom is 0.269 e. The molecule has 1 amide bonds. The van der Waals surface area contributed by atoms with Crippen LogP contribution in [0.2, 0.25) is 0 Å². The van der Waals surface area contributed by atoms with Crippen LogP contribution >= 0.6 is 0 Å². The molecule has 1 atom stereocenters. The number of methoxy groups -OCH3 is 2. The molecule has 0 saturated carbocycles. The molecule has 0 aliphatic heterocycles. The summed E-state index contributed by atoms with van der Waals surface area (Å²) in [4.78, 5) is 12.1. The normalized spacial score (nSPS) is 12.8. The van der Waals surface area contributed by atoms with Gasteiger partial charge in [-0.2, -0.15) is 5.10 Å². The summed E-state index contributed by atoms with van der Waals surface area (Å²) in [6, 6.07) is 1.52. The molecule has 6 nitrogen and oxygen atoms in total. The Labute approximate surface area is 107 Å². The van der Waals surface area contributed by atoms with Gasteiger partial charge in [0.05, 0.1) is 11.7 Å². The van der Waals surface area contributed by atoms with Crippen molar-refractivity contribution in [3.05, 3.63) is 17.5 Å². The SMILES string of the molecule is CCn1nc(C)cc1C(=O)NC(C)C(OC)OC. The Morgan fingerprint density at radius 3 is 2.61 bits per heavy atom. The lowest BCUT2D eigenvalue weighted by Crippen LogP contribution is -2.43. The number of hydrogen-bond donors (Lipinski definition) is 1. The van der Waals surface area contributed by atoms with E-state index in [-0.39, 0.29) is 11.9 Å². The van der Waals surface area contributed by atoms with Crippen LogP contribution in [0.1, 0.15) is 30.0 Å². The summed E-state index contributed by atoms with van der Waals surface area (Å²) in [6.07, 6.45) is -0.465. The lowest BCUT2D eigenvalue weighted by molar-refractivity contribution is -0.117. The van der Waals surface area contributed by atoms with Gasteiger partial charge in [-0.3, -0.25) is 9.48 Å². The van der Waals surface area contributed by atoms with Crippen LogP contribution in [0.5, 0.6) is 0 Å². The van der Waals surface area contributed by atoms with Crippen molar-refractivity contribution in [2.75, 3.05) is 14.2 Å². The smallest absolute Gasteiger partial charge is 0.269 e. The van der Waals surface area contributed by atoms with Gasteiger partial charge >= 0.3 is 0 Å². The summed E-state index contributed by atoms with van der Waals surface area (Å²) in [5, 5.41) is 7.07. The van der Waals surface area contributed by atoms with E-state index in [1.54, 1.807) is 10.7 Å². The van der Waals surface area contributed by atoms with Gasteiger partial charge in [-0.05, 0) is 26.8 Å².